The molecule has 0 radical (unpaired) electrons. The number of aryl methyl sites for hydroxylation is 1. The molecule has 0 unspecified atom stereocenters. The Kier molecular flexibility index (Phi) is 6.87. The number of carbonyl (C=O) groups excluding carboxylic acids is 2. The first-order valence-electron chi connectivity index (χ1n) is 10.9. The lowest BCUT2D eigenvalue weighted by Gasteiger charge is -2.31. The molecule has 5 nitrogen and oxygen atoms in total. The molecule has 0 aliphatic heterocycles. The maximum absolute atomic E-state index is 13.6. The number of amides is 2. The van der Waals surface area contributed by atoms with E-state index in [0.717, 1.165) is 42.5 Å². The average molecular weight is 437 g/mol. The van der Waals surface area contributed by atoms with Crippen LogP contribution in [-0.2, 0) is 17.8 Å². The first-order valence-corrected chi connectivity index (χ1v) is 11.8. The van der Waals surface area contributed by atoms with Gasteiger partial charge >= 0.3 is 0 Å². The van der Waals surface area contributed by atoms with Crippen LogP contribution >= 0.6 is 11.3 Å². The van der Waals surface area contributed by atoms with Gasteiger partial charge in [0, 0.05) is 10.9 Å². The molecule has 4 rings (SSSR count). The van der Waals surface area contributed by atoms with Crippen LogP contribution in [0, 0.1) is 0 Å². The van der Waals surface area contributed by atoms with E-state index >= 15 is 0 Å². The Labute approximate surface area is 187 Å². The predicted molar refractivity (Wildman–Crippen MR) is 122 cm³/mol. The van der Waals surface area contributed by atoms with Crippen molar-refractivity contribution < 1.29 is 14.0 Å². The third-order valence-corrected chi connectivity index (χ3v) is 6.73. The second kappa shape index (κ2) is 9.96. The molecule has 0 bridgehead atoms. The predicted octanol–water partition coefficient (Wildman–Crippen LogP) is 5.35. The Morgan fingerprint density at radius 3 is 2.52 bits per heavy atom. The normalized spacial score (nSPS) is 15.0. The van der Waals surface area contributed by atoms with Crippen LogP contribution in [0.3, 0.4) is 0 Å². The number of thiophene rings is 1. The van der Waals surface area contributed by atoms with E-state index in [4.69, 9.17) is 4.42 Å². The van der Waals surface area contributed by atoms with Crippen LogP contribution in [0.1, 0.15) is 65.2 Å². The number of rotatable bonds is 8. The van der Waals surface area contributed by atoms with Gasteiger partial charge in [-0.15, -0.1) is 11.3 Å². The summed E-state index contributed by atoms with van der Waals surface area (Å²) in [5.74, 6) is -0.183. The van der Waals surface area contributed by atoms with Crippen molar-refractivity contribution in [2.24, 2.45) is 0 Å². The highest BCUT2D eigenvalue weighted by molar-refractivity contribution is 7.09. The summed E-state index contributed by atoms with van der Waals surface area (Å²) in [6.07, 6.45) is 6.65. The molecule has 3 aromatic rings. The zero-order chi connectivity index (χ0) is 21.6. The second-order valence-electron chi connectivity index (χ2n) is 7.98. The van der Waals surface area contributed by atoms with Crippen molar-refractivity contribution in [1.82, 2.24) is 10.2 Å². The minimum absolute atomic E-state index is 0.132. The summed E-state index contributed by atoms with van der Waals surface area (Å²) in [5.41, 5.74) is 2.00. The molecule has 1 N–H and O–H groups in total. The standard InChI is InChI=1S/C25H28N2O3S/c1-2-18-11-13-19(14-12-18)23(24(28)26-20-7-3-4-8-20)27(17-21-9-6-16-31-21)25(29)22-10-5-15-30-22/h5-6,9-16,20,23H,2-4,7-8,17H2,1H3,(H,26,28)/t23-/m1/s1. The SMILES string of the molecule is CCc1ccc([C@H](C(=O)NC2CCCC2)N(Cc2cccs2)C(=O)c2ccco2)cc1. The topological polar surface area (TPSA) is 62.6 Å². The number of furan rings is 1. The zero-order valence-electron chi connectivity index (χ0n) is 17.8. The van der Waals surface area contributed by atoms with E-state index in [-0.39, 0.29) is 23.6 Å². The van der Waals surface area contributed by atoms with Crippen LogP contribution < -0.4 is 5.32 Å². The number of hydrogen-bond donors (Lipinski definition) is 1. The summed E-state index contributed by atoms with van der Waals surface area (Å²) < 4.78 is 5.41. The molecular weight excluding hydrogens is 408 g/mol. The number of carbonyl (C=O) groups is 2. The van der Waals surface area contributed by atoms with Gasteiger partial charge in [-0.3, -0.25) is 9.59 Å². The average Bonchev–Trinajstić information content (AvgIpc) is 3.57. The molecule has 1 fully saturated rings. The lowest BCUT2D eigenvalue weighted by Crippen LogP contribution is -2.45. The fraction of sp³-hybridized carbons (Fsp3) is 0.360. The van der Waals surface area contributed by atoms with Crippen molar-refractivity contribution in [3.8, 4) is 0 Å². The first kappa shape index (κ1) is 21.4. The molecule has 2 aromatic heterocycles. The molecule has 0 saturated heterocycles. The fourth-order valence-electron chi connectivity index (χ4n) is 4.15. The van der Waals surface area contributed by atoms with Gasteiger partial charge in [-0.2, -0.15) is 0 Å². The minimum Gasteiger partial charge on any atom is -0.459 e. The second-order valence-corrected chi connectivity index (χ2v) is 9.01. The van der Waals surface area contributed by atoms with Gasteiger partial charge in [-0.05, 0) is 54.0 Å². The molecule has 0 spiro atoms. The molecule has 2 amide bonds. The van der Waals surface area contributed by atoms with Gasteiger partial charge in [-0.25, -0.2) is 0 Å². The van der Waals surface area contributed by atoms with E-state index in [1.807, 2.05) is 41.8 Å². The number of nitrogens with one attached hydrogen (secondary N) is 1. The van der Waals surface area contributed by atoms with Gasteiger partial charge in [0.2, 0.25) is 5.91 Å². The van der Waals surface area contributed by atoms with Crippen LogP contribution in [-0.4, -0.2) is 22.8 Å². The van der Waals surface area contributed by atoms with Crippen molar-refractivity contribution >= 4 is 23.2 Å². The molecule has 31 heavy (non-hydrogen) atoms. The molecule has 1 aliphatic carbocycles. The van der Waals surface area contributed by atoms with Crippen molar-refractivity contribution in [1.29, 1.82) is 0 Å². The van der Waals surface area contributed by atoms with Gasteiger partial charge in [0.25, 0.3) is 5.91 Å². The Bertz CT molecular complexity index is 974. The fourth-order valence-corrected chi connectivity index (χ4v) is 4.85. The van der Waals surface area contributed by atoms with Crippen molar-refractivity contribution in [2.75, 3.05) is 0 Å². The molecular formula is C25H28N2O3S. The molecule has 1 atom stereocenters. The van der Waals surface area contributed by atoms with Crippen molar-refractivity contribution in [3.63, 3.8) is 0 Å². The highest BCUT2D eigenvalue weighted by Gasteiger charge is 2.34. The minimum atomic E-state index is -0.730. The molecule has 1 aliphatic rings. The van der Waals surface area contributed by atoms with Gasteiger partial charge < -0.3 is 14.6 Å². The molecule has 1 aromatic carbocycles. The van der Waals surface area contributed by atoms with Gasteiger partial charge in [0.1, 0.15) is 6.04 Å². The third-order valence-electron chi connectivity index (χ3n) is 5.86. The smallest absolute Gasteiger partial charge is 0.290 e. The first-order chi connectivity index (χ1) is 15.2. The largest absolute Gasteiger partial charge is 0.459 e. The molecule has 6 heteroatoms. The zero-order valence-corrected chi connectivity index (χ0v) is 18.6. The van der Waals surface area contributed by atoms with E-state index in [2.05, 4.69) is 12.2 Å². The van der Waals surface area contributed by atoms with Gasteiger partial charge in [-0.1, -0.05) is 50.1 Å². The van der Waals surface area contributed by atoms with Crippen LogP contribution in [0.4, 0.5) is 0 Å². The van der Waals surface area contributed by atoms with Crippen LogP contribution in [0.15, 0.2) is 64.6 Å². The van der Waals surface area contributed by atoms with E-state index in [1.165, 1.54) is 11.8 Å². The van der Waals surface area contributed by atoms with E-state index in [9.17, 15) is 9.59 Å². The Balaban J connectivity index is 1.71. The number of benzene rings is 1. The van der Waals surface area contributed by atoms with E-state index in [0.29, 0.717) is 6.54 Å². The lowest BCUT2D eigenvalue weighted by atomic mass is 10.0. The van der Waals surface area contributed by atoms with Crippen molar-refractivity contribution in [3.05, 3.63) is 81.9 Å². The van der Waals surface area contributed by atoms with Gasteiger partial charge in [0.05, 0.1) is 12.8 Å². The summed E-state index contributed by atoms with van der Waals surface area (Å²) >= 11 is 1.57. The third kappa shape index (κ3) is 5.07. The quantitative estimate of drug-likeness (QED) is 0.518. The monoisotopic (exact) mass is 436 g/mol. The van der Waals surface area contributed by atoms with Crippen LogP contribution in [0.2, 0.25) is 0 Å². The highest BCUT2D eigenvalue weighted by Crippen LogP contribution is 2.29. The Morgan fingerprint density at radius 1 is 1.13 bits per heavy atom. The molecule has 2 heterocycles. The summed E-state index contributed by atoms with van der Waals surface area (Å²) in [4.78, 5) is 29.7. The number of hydrogen-bond acceptors (Lipinski definition) is 4. The highest BCUT2D eigenvalue weighted by atomic mass is 32.1. The number of nitrogens with zero attached hydrogens (tertiary/aromatic N) is 1. The maximum atomic E-state index is 13.6. The van der Waals surface area contributed by atoms with E-state index in [1.54, 1.807) is 28.4 Å². The maximum Gasteiger partial charge on any atom is 0.290 e. The van der Waals surface area contributed by atoms with Crippen molar-refractivity contribution in [2.45, 2.75) is 57.7 Å². The summed E-state index contributed by atoms with van der Waals surface area (Å²) in [5, 5.41) is 5.19. The Morgan fingerprint density at radius 2 is 1.90 bits per heavy atom. The van der Waals surface area contributed by atoms with Crippen LogP contribution in [0.25, 0.3) is 0 Å². The summed E-state index contributed by atoms with van der Waals surface area (Å²) in [6, 6.07) is 14.7. The molecule has 1 saturated carbocycles. The summed E-state index contributed by atoms with van der Waals surface area (Å²) in [6.45, 7) is 2.44. The van der Waals surface area contributed by atoms with Gasteiger partial charge in [0.15, 0.2) is 5.76 Å². The molecule has 162 valence electrons. The Hall–Kier alpha value is -2.86. The summed E-state index contributed by atoms with van der Waals surface area (Å²) in [7, 11) is 0. The lowest BCUT2D eigenvalue weighted by molar-refractivity contribution is -0.126. The van der Waals surface area contributed by atoms with Crippen LogP contribution in [0.5, 0.6) is 0 Å². The van der Waals surface area contributed by atoms with E-state index < -0.39 is 6.04 Å².